The van der Waals surface area contributed by atoms with E-state index in [1.165, 1.54) is 4.90 Å². The number of nitrogens with one attached hydrogen (secondary N) is 2. The average molecular weight is 508 g/mol. The molecule has 1 aliphatic rings. The van der Waals surface area contributed by atoms with Crippen LogP contribution in [0.25, 0.3) is 0 Å². The van der Waals surface area contributed by atoms with E-state index in [0.29, 0.717) is 44.4 Å². The summed E-state index contributed by atoms with van der Waals surface area (Å²) in [6, 6.07) is 0. The van der Waals surface area contributed by atoms with E-state index >= 15 is 0 Å². The zero-order chi connectivity index (χ0) is 19.6. The van der Waals surface area contributed by atoms with E-state index in [9.17, 15) is 18.3 Å². The SMILES string of the molecule is CCNC(=NCC(O)(CC)CC)NCCC1CCN(CC(F)(F)F)CC1.I. The van der Waals surface area contributed by atoms with Crippen LogP contribution in [0.3, 0.4) is 0 Å². The fraction of sp³-hybridized carbons (Fsp3) is 0.944. The minimum absolute atomic E-state index is 0. The molecule has 27 heavy (non-hydrogen) atoms. The Hall–Kier alpha value is -0.290. The van der Waals surface area contributed by atoms with E-state index in [1.54, 1.807) is 0 Å². The average Bonchev–Trinajstić information content (AvgIpc) is 2.59. The third-order valence-corrected chi connectivity index (χ3v) is 5.15. The number of hydrogen-bond donors (Lipinski definition) is 3. The highest BCUT2D eigenvalue weighted by Gasteiger charge is 2.32. The van der Waals surface area contributed by atoms with Gasteiger partial charge in [-0.05, 0) is 58.0 Å². The Labute approximate surface area is 178 Å². The number of hydrogen-bond acceptors (Lipinski definition) is 3. The summed E-state index contributed by atoms with van der Waals surface area (Å²) in [7, 11) is 0. The van der Waals surface area contributed by atoms with E-state index in [-0.39, 0.29) is 24.0 Å². The summed E-state index contributed by atoms with van der Waals surface area (Å²) >= 11 is 0. The van der Waals surface area contributed by atoms with Crippen molar-refractivity contribution in [2.24, 2.45) is 10.9 Å². The Balaban J connectivity index is 0.00000676. The highest BCUT2D eigenvalue weighted by molar-refractivity contribution is 14.0. The summed E-state index contributed by atoms with van der Waals surface area (Å²) in [6.07, 6.45) is -0.278. The van der Waals surface area contributed by atoms with Crippen LogP contribution in [0.4, 0.5) is 13.2 Å². The quantitative estimate of drug-likeness (QED) is 0.254. The van der Waals surface area contributed by atoms with Gasteiger partial charge in [0.2, 0.25) is 0 Å². The Morgan fingerprint density at radius 2 is 1.70 bits per heavy atom. The van der Waals surface area contributed by atoms with Crippen LogP contribution in [-0.2, 0) is 0 Å². The van der Waals surface area contributed by atoms with Crippen LogP contribution in [-0.4, -0.2) is 67.0 Å². The van der Waals surface area contributed by atoms with Gasteiger partial charge in [-0.2, -0.15) is 13.2 Å². The molecule has 1 fully saturated rings. The molecule has 0 aromatic heterocycles. The van der Waals surface area contributed by atoms with Crippen LogP contribution in [0.2, 0.25) is 0 Å². The molecule has 0 aromatic rings. The van der Waals surface area contributed by atoms with Gasteiger partial charge < -0.3 is 15.7 Å². The van der Waals surface area contributed by atoms with Crippen molar-refractivity contribution in [3.05, 3.63) is 0 Å². The molecule has 0 bridgehead atoms. The third kappa shape index (κ3) is 11.3. The minimum atomic E-state index is -4.11. The molecule has 0 aromatic carbocycles. The molecule has 1 saturated heterocycles. The first kappa shape index (κ1) is 26.7. The van der Waals surface area contributed by atoms with Crippen LogP contribution in [0.15, 0.2) is 4.99 Å². The molecule has 3 N–H and O–H groups in total. The lowest BCUT2D eigenvalue weighted by atomic mass is 9.93. The van der Waals surface area contributed by atoms with Gasteiger partial charge in [0.05, 0.1) is 18.7 Å². The normalized spacial score (nSPS) is 17.5. The maximum absolute atomic E-state index is 12.4. The van der Waals surface area contributed by atoms with E-state index in [0.717, 1.165) is 32.4 Å². The summed E-state index contributed by atoms with van der Waals surface area (Å²) in [6.45, 7) is 7.92. The summed E-state index contributed by atoms with van der Waals surface area (Å²) in [5.74, 6) is 1.13. The van der Waals surface area contributed by atoms with Gasteiger partial charge in [0, 0.05) is 13.1 Å². The Morgan fingerprint density at radius 1 is 1.11 bits per heavy atom. The molecule has 9 heteroatoms. The van der Waals surface area contributed by atoms with Crippen LogP contribution >= 0.6 is 24.0 Å². The summed E-state index contributed by atoms with van der Waals surface area (Å²) < 4.78 is 37.3. The first-order valence-electron chi connectivity index (χ1n) is 9.75. The Morgan fingerprint density at radius 3 is 2.19 bits per heavy atom. The highest BCUT2D eigenvalue weighted by atomic mass is 127. The number of aliphatic imine (C=N–C) groups is 1. The fourth-order valence-corrected chi connectivity index (χ4v) is 3.12. The minimum Gasteiger partial charge on any atom is -0.388 e. The van der Waals surface area contributed by atoms with Crippen molar-refractivity contribution in [1.29, 1.82) is 0 Å². The van der Waals surface area contributed by atoms with Gasteiger partial charge in [0.25, 0.3) is 0 Å². The van der Waals surface area contributed by atoms with E-state index < -0.39 is 18.3 Å². The molecule has 0 aliphatic carbocycles. The van der Waals surface area contributed by atoms with Gasteiger partial charge >= 0.3 is 6.18 Å². The van der Waals surface area contributed by atoms with Crippen molar-refractivity contribution in [3.63, 3.8) is 0 Å². The number of alkyl halides is 3. The van der Waals surface area contributed by atoms with Crippen LogP contribution in [0.1, 0.15) is 52.9 Å². The predicted octanol–water partition coefficient (Wildman–Crippen LogP) is 3.38. The summed E-state index contributed by atoms with van der Waals surface area (Å²) in [4.78, 5) is 5.97. The second-order valence-electron chi connectivity index (χ2n) is 7.18. The molecule has 0 unspecified atom stereocenters. The summed E-state index contributed by atoms with van der Waals surface area (Å²) in [5.41, 5.74) is -0.770. The molecular formula is C18H36F3IN4O. The molecule has 0 atom stereocenters. The van der Waals surface area contributed by atoms with E-state index in [2.05, 4.69) is 15.6 Å². The van der Waals surface area contributed by atoms with Crippen LogP contribution in [0.5, 0.6) is 0 Å². The number of halogens is 4. The first-order chi connectivity index (χ1) is 12.2. The number of likely N-dealkylation sites (tertiary alicyclic amines) is 1. The molecule has 0 saturated carbocycles. The standard InChI is InChI=1S/C18H35F3N4O.HI/c1-4-17(26,5-2)13-24-16(22-6-3)23-10-7-15-8-11-25(12-9-15)14-18(19,20)21;/h15,26H,4-14H2,1-3H3,(H2,22,23,24);1H. The van der Waals surface area contributed by atoms with Gasteiger partial charge in [-0.1, -0.05) is 13.8 Å². The second kappa shape index (κ2) is 13.0. The van der Waals surface area contributed by atoms with Crippen molar-refractivity contribution in [2.45, 2.75) is 64.7 Å². The molecule has 5 nitrogen and oxygen atoms in total. The zero-order valence-corrected chi connectivity index (χ0v) is 19.1. The van der Waals surface area contributed by atoms with Gasteiger partial charge in [-0.15, -0.1) is 24.0 Å². The third-order valence-electron chi connectivity index (χ3n) is 5.15. The van der Waals surface area contributed by atoms with Gasteiger partial charge in [0.15, 0.2) is 5.96 Å². The van der Waals surface area contributed by atoms with E-state index in [1.807, 2.05) is 20.8 Å². The van der Waals surface area contributed by atoms with Gasteiger partial charge in [0.1, 0.15) is 0 Å². The fourth-order valence-electron chi connectivity index (χ4n) is 3.12. The highest BCUT2D eigenvalue weighted by Crippen LogP contribution is 2.24. The predicted molar refractivity (Wildman–Crippen MR) is 115 cm³/mol. The molecular weight excluding hydrogens is 472 g/mol. The number of nitrogens with zero attached hydrogens (tertiary/aromatic N) is 2. The van der Waals surface area contributed by atoms with Crippen molar-refractivity contribution < 1.29 is 18.3 Å². The second-order valence-corrected chi connectivity index (χ2v) is 7.18. The Kier molecular flexibility index (Phi) is 12.9. The lowest BCUT2D eigenvalue weighted by Gasteiger charge is -2.32. The molecule has 1 rings (SSSR count). The van der Waals surface area contributed by atoms with Crippen molar-refractivity contribution in [1.82, 2.24) is 15.5 Å². The molecule has 1 heterocycles. The molecule has 162 valence electrons. The lowest BCUT2D eigenvalue weighted by molar-refractivity contribution is -0.148. The topological polar surface area (TPSA) is 59.9 Å². The maximum atomic E-state index is 12.4. The first-order valence-corrected chi connectivity index (χ1v) is 9.75. The van der Waals surface area contributed by atoms with Crippen molar-refractivity contribution in [3.8, 4) is 0 Å². The van der Waals surface area contributed by atoms with E-state index in [4.69, 9.17) is 0 Å². The van der Waals surface area contributed by atoms with Crippen molar-refractivity contribution >= 4 is 29.9 Å². The van der Waals surface area contributed by atoms with Crippen LogP contribution in [0, 0.1) is 5.92 Å². The smallest absolute Gasteiger partial charge is 0.388 e. The number of rotatable bonds is 9. The molecule has 0 spiro atoms. The van der Waals surface area contributed by atoms with Gasteiger partial charge in [-0.25, -0.2) is 0 Å². The number of aliphatic hydroxyl groups is 1. The monoisotopic (exact) mass is 508 g/mol. The number of piperidine rings is 1. The van der Waals surface area contributed by atoms with Crippen LogP contribution < -0.4 is 10.6 Å². The van der Waals surface area contributed by atoms with Crippen molar-refractivity contribution in [2.75, 3.05) is 39.3 Å². The molecule has 0 amide bonds. The maximum Gasteiger partial charge on any atom is 0.401 e. The zero-order valence-electron chi connectivity index (χ0n) is 16.7. The number of guanidine groups is 1. The lowest BCUT2D eigenvalue weighted by Crippen LogP contribution is -2.42. The molecule has 0 radical (unpaired) electrons. The summed E-state index contributed by atoms with van der Waals surface area (Å²) in [5, 5.41) is 16.8. The Bertz CT molecular complexity index is 423. The van der Waals surface area contributed by atoms with Gasteiger partial charge in [-0.3, -0.25) is 9.89 Å². The largest absolute Gasteiger partial charge is 0.401 e. The molecule has 1 aliphatic heterocycles.